The number of hydrazine groups is 1. The molecule has 102 valence electrons. The molecular weight excluding hydrogens is 262 g/mol. The lowest BCUT2D eigenvalue weighted by atomic mass is 10.0. The second kappa shape index (κ2) is 4.77. The summed E-state index contributed by atoms with van der Waals surface area (Å²) in [5.74, 6) is 5.01. The van der Waals surface area contributed by atoms with E-state index in [9.17, 15) is 26.3 Å². The van der Waals surface area contributed by atoms with Crippen molar-refractivity contribution in [3.8, 4) is 0 Å². The van der Waals surface area contributed by atoms with Crippen molar-refractivity contribution >= 4 is 0 Å². The van der Waals surface area contributed by atoms with Crippen LogP contribution in [0.4, 0.5) is 26.3 Å². The first-order valence-corrected chi connectivity index (χ1v) is 4.81. The first kappa shape index (κ1) is 14.8. The van der Waals surface area contributed by atoms with Gasteiger partial charge in [-0.3, -0.25) is 11.3 Å². The molecule has 1 aromatic rings. The molecule has 1 atom stereocenters. The topological polar surface area (TPSA) is 38.0 Å². The summed E-state index contributed by atoms with van der Waals surface area (Å²) < 4.78 is 74.9. The SMILES string of the molecule is CC(NN)c1cc(C(F)(F)F)cc(C(F)(F)F)c1. The second-order valence-corrected chi connectivity index (χ2v) is 3.73. The summed E-state index contributed by atoms with van der Waals surface area (Å²) in [6, 6.07) is 0.528. The fourth-order valence-electron chi connectivity index (χ4n) is 1.33. The van der Waals surface area contributed by atoms with Crippen LogP contribution in [0.2, 0.25) is 0 Å². The van der Waals surface area contributed by atoms with Crippen LogP contribution < -0.4 is 11.3 Å². The number of alkyl halides is 6. The van der Waals surface area contributed by atoms with Crippen LogP contribution in [0.3, 0.4) is 0 Å². The molecular formula is C10H10F6N2. The normalized spacial score (nSPS) is 14.7. The van der Waals surface area contributed by atoms with E-state index >= 15 is 0 Å². The highest BCUT2D eigenvalue weighted by molar-refractivity contribution is 5.35. The van der Waals surface area contributed by atoms with Gasteiger partial charge in [-0.1, -0.05) is 0 Å². The minimum absolute atomic E-state index is 0.0761. The molecule has 0 heterocycles. The van der Waals surface area contributed by atoms with Crippen molar-refractivity contribution in [1.29, 1.82) is 0 Å². The Labute approximate surface area is 98.7 Å². The Morgan fingerprint density at radius 2 is 1.33 bits per heavy atom. The molecule has 1 unspecified atom stereocenters. The summed E-state index contributed by atoms with van der Waals surface area (Å²) in [7, 11) is 0. The lowest BCUT2D eigenvalue weighted by Crippen LogP contribution is -2.26. The van der Waals surface area contributed by atoms with Crippen LogP contribution in [0.1, 0.15) is 29.7 Å². The second-order valence-electron chi connectivity index (χ2n) is 3.73. The quantitative estimate of drug-likeness (QED) is 0.492. The average molecular weight is 272 g/mol. The van der Waals surface area contributed by atoms with Crippen molar-refractivity contribution in [3.63, 3.8) is 0 Å². The van der Waals surface area contributed by atoms with Crippen LogP contribution in [-0.4, -0.2) is 0 Å². The zero-order chi connectivity index (χ0) is 14.1. The average Bonchev–Trinajstić information content (AvgIpc) is 2.25. The van der Waals surface area contributed by atoms with Gasteiger partial charge in [0.15, 0.2) is 0 Å². The molecule has 0 aliphatic rings. The van der Waals surface area contributed by atoms with E-state index in [-0.39, 0.29) is 11.6 Å². The number of hydrogen-bond acceptors (Lipinski definition) is 2. The highest BCUT2D eigenvalue weighted by Gasteiger charge is 2.37. The van der Waals surface area contributed by atoms with Crippen molar-refractivity contribution in [1.82, 2.24) is 5.43 Å². The number of halogens is 6. The number of nitrogens with one attached hydrogen (secondary N) is 1. The van der Waals surface area contributed by atoms with Crippen molar-refractivity contribution in [2.24, 2.45) is 5.84 Å². The smallest absolute Gasteiger partial charge is 0.271 e. The highest BCUT2D eigenvalue weighted by Crippen LogP contribution is 2.37. The minimum atomic E-state index is -4.84. The van der Waals surface area contributed by atoms with E-state index in [0.717, 1.165) is 0 Å². The Morgan fingerprint density at radius 1 is 0.944 bits per heavy atom. The third kappa shape index (κ3) is 3.36. The molecule has 1 aromatic carbocycles. The highest BCUT2D eigenvalue weighted by atomic mass is 19.4. The van der Waals surface area contributed by atoms with Crippen LogP contribution in [-0.2, 0) is 12.4 Å². The molecule has 2 nitrogen and oxygen atoms in total. The molecule has 18 heavy (non-hydrogen) atoms. The third-order valence-corrected chi connectivity index (χ3v) is 2.36. The van der Waals surface area contributed by atoms with E-state index in [1.807, 2.05) is 0 Å². The Kier molecular flexibility index (Phi) is 3.92. The van der Waals surface area contributed by atoms with Gasteiger partial charge in [-0.05, 0) is 30.7 Å². The third-order valence-electron chi connectivity index (χ3n) is 2.36. The first-order chi connectivity index (χ1) is 8.05. The summed E-state index contributed by atoms with van der Waals surface area (Å²) in [5.41, 5.74) is -0.782. The molecule has 0 aliphatic heterocycles. The van der Waals surface area contributed by atoms with Crippen LogP contribution >= 0.6 is 0 Å². The summed E-state index contributed by atoms with van der Waals surface area (Å²) in [6.45, 7) is 1.36. The van der Waals surface area contributed by atoms with Gasteiger partial charge in [0, 0.05) is 6.04 Å². The predicted molar refractivity (Wildman–Crippen MR) is 52.2 cm³/mol. The fraction of sp³-hybridized carbons (Fsp3) is 0.400. The molecule has 3 N–H and O–H groups in total. The van der Waals surface area contributed by atoms with E-state index in [4.69, 9.17) is 5.84 Å². The molecule has 0 spiro atoms. The maximum atomic E-state index is 12.5. The van der Waals surface area contributed by atoms with Gasteiger partial charge < -0.3 is 0 Å². The van der Waals surface area contributed by atoms with E-state index in [2.05, 4.69) is 5.43 Å². The Hall–Kier alpha value is -1.28. The van der Waals surface area contributed by atoms with Gasteiger partial charge in [0.05, 0.1) is 11.1 Å². The van der Waals surface area contributed by atoms with Crippen molar-refractivity contribution in [2.75, 3.05) is 0 Å². The van der Waals surface area contributed by atoms with Crippen molar-refractivity contribution in [3.05, 3.63) is 34.9 Å². The van der Waals surface area contributed by atoms with Crippen LogP contribution in [0.5, 0.6) is 0 Å². The molecule has 1 rings (SSSR count). The molecule has 0 aromatic heterocycles. The molecule has 0 saturated carbocycles. The van der Waals surface area contributed by atoms with Gasteiger partial charge >= 0.3 is 12.4 Å². The first-order valence-electron chi connectivity index (χ1n) is 4.81. The number of hydrogen-bond donors (Lipinski definition) is 2. The number of rotatable bonds is 2. The van der Waals surface area contributed by atoms with Gasteiger partial charge in [-0.2, -0.15) is 26.3 Å². The molecule has 0 bridgehead atoms. The maximum absolute atomic E-state index is 12.5. The van der Waals surface area contributed by atoms with Gasteiger partial charge in [0.25, 0.3) is 0 Å². The van der Waals surface area contributed by atoms with E-state index in [1.54, 1.807) is 0 Å². The zero-order valence-corrected chi connectivity index (χ0v) is 9.15. The van der Waals surface area contributed by atoms with E-state index in [0.29, 0.717) is 12.1 Å². The minimum Gasteiger partial charge on any atom is -0.271 e. The van der Waals surface area contributed by atoms with Crippen LogP contribution in [0, 0.1) is 0 Å². The van der Waals surface area contributed by atoms with Crippen molar-refractivity contribution < 1.29 is 26.3 Å². The summed E-state index contributed by atoms with van der Waals surface area (Å²) in [6.07, 6.45) is -9.69. The molecule has 0 fully saturated rings. The monoisotopic (exact) mass is 272 g/mol. The molecule has 0 amide bonds. The summed E-state index contributed by atoms with van der Waals surface area (Å²) >= 11 is 0. The van der Waals surface area contributed by atoms with Gasteiger partial charge in [0.2, 0.25) is 0 Å². The molecule has 0 saturated heterocycles. The zero-order valence-electron chi connectivity index (χ0n) is 9.15. The van der Waals surface area contributed by atoms with Gasteiger partial charge in [-0.25, -0.2) is 0 Å². The molecule has 0 aliphatic carbocycles. The lowest BCUT2D eigenvalue weighted by molar-refractivity contribution is -0.143. The fourth-order valence-corrected chi connectivity index (χ4v) is 1.33. The standard InChI is InChI=1S/C10H10F6N2/c1-5(18-17)6-2-7(9(11,12)13)4-8(3-6)10(14,15)16/h2-5,18H,17H2,1H3. The summed E-state index contributed by atoms with van der Waals surface area (Å²) in [5, 5.41) is 0. The van der Waals surface area contributed by atoms with Crippen LogP contribution in [0.15, 0.2) is 18.2 Å². The largest absolute Gasteiger partial charge is 0.416 e. The lowest BCUT2D eigenvalue weighted by Gasteiger charge is -2.17. The Balaban J connectivity index is 3.39. The number of nitrogens with two attached hydrogens (primary N) is 1. The Morgan fingerprint density at radius 3 is 1.61 bits per heavy atom. The van der Waals surface area contributed by atoms with E-state index in [1.165, 1.54) is 6.92 Å². The molecule has 0 radical (unpaired) electrons. The Bertz CT molecular complexity index is 391. The summed E-state index contributed by atoms with van der Waals surface area (Å²) in [4.78, 5) is 0. The van der Waals surface area contributed by atoms with Gasteiger partial charge in [0.1, 0.15) is 0 Å². The molecule has 8 heteroatoms. The van der Waals surface area contributed by atoms with Crippen LogP contribution in [0.25, 0.3) is 0 Å². The van der Waals surface area contributed by atoms with Gasteiger partial charge in [-0.15, -0.1) is 0 Å². The van der Waals surface area contributed by atoms with Crippen molar-refractivity contribution in [2.45, 2.75) is 25.3 Å². The number of benzene rings is 1. The maximum Gasteiger partial charge on any atom is 0.416 e. The predicted octanol–water partition coefficient (Wildman–Crippen LogP) is 3.25. The van der Waals surface area contributed by atoms with E-state index < -0.39 is 29.5 Å².